The van der Waals surface area contributed by atoms with Gasteiger partial charge in [0, 0.05) is 5.56 Å². The molecule has 0 spiro atoms. The van der Waals surface area contributed by atoms with Crippen molar-refractivity contribution in [2.75, 3.05) is 20.3 Å². The smallest absolute Gasteiger partial charge is 0.271 e. The molecule has 1 heterocycles. The van der Waals surface area contributed by atoms with Gasteiger partial charge in [0.2, 0.25) is 0 Å². The Labute approximate surface area is 144 Å². The Balaban J connectivity index is 1.66. The Morgan fingerprint density at radius 1 is 1.21 bits per heavy atom. The quantitative estimate of drug-likeness (QED) is 0.682. The number of hydrazone groups is 1. The maximum Gasteiger partial charge on any atom is 0.271 e. The summed E-state index contributed by atoms with van der Waals surface area (Å²) in [6, 6.07) is 10.2. The lowest BCUT2D eigenvalue weighted by Gasteiger charge is -2.18. The summed E-state index contributed by atoms with van der Waals surface area (Å²) in [4.78, 5) is 12.1. The van der Waals surface area contributed by atoms with Crippen LogP contribution in [0.4, 0.5) is 0 Å². The van der Waals surface area contributed by atoms with Gasteiger partial charge < -0.3 is 14.2 Å². The highest BCUT2D eigenvalue weighted by atomic mass is 35.5. The Morgan fingerprint density at radius 3 is 2.75 bits per heavy atom. The molecule has 0 radical (unpaired) electrons. The zero-order valence-corrected chi connectivity index (χ0v) is 13.7. The zero-order valence-electron chi connectivity index (χ0n) is 12.9. The van der Waals surface area contributed by atoms with Crippen LogP contribution in [0, 0.1) is 0 Å². The van der Waals surface area contributed by atoms with E-state index >= 15 is 0 Å². The van der Waals surface area contributed by atoms with E-state index in [1.54, 1.807) is 43.5 Å². The van der Waals surface area contributed by atoms with Gasteiger partial charge in [-0.2, -0.15) is 5.10 Å². The third-order valence-corrected chi connectivity index (χ3v) is 3.66. The minimum absolute atomic E-state index is 0.345. The normalized spacial score (nSPS) is 12.9. The van der Waals surface area contributed by atoms with E-state index in [4.69, 9.17) is 25.8 Å². The minimum atomic E-state index is -0.345. The number of methoxy groups -OCH3 is 1. The van der Waals surface area contributed by atoms with Gasteiger partial charge in [-0.15, -0.1) is 0 Å². The van der Waals surface area contributed by atoms with Gasteiger partial charge in [-0.05, 0) is 42.0 Å². The van der Waals surface area contributed by atoms with Gasteiger partial charge in [-0.3, -0.25) is 4.79 Å². The van der Waals surface area contributed by atoms with E-state index in [1.165, 1.54) is 6.21 Å². The van der Waals surface area contributed by atoms with Crippen molar-refractivity contribution < 1.29 is 19.0 Å². The number of nitrogens with zero attached hydrogens (tertiary/aromatic N) is 1. The number of benzene rings is 2. The number of fused-ring (bicyclic) bond motifs is 1. The molecule has 1 N–H and O–H groups in total. The summed E-state index contributed by atoms with van der Waals surface area (Å²) in [6.45, 7) is 0.974. The first kappa shape index (κ1) is 16.1. The summed E-state index contributed by atoms with van der Waals surface area (Å²) in [7, 11) is 1.54. The van der Waals surface area contributed by atoms with Crippen LogP contribution in [-0.4, -0.2) is 32.4 Å². The van der Waals surface area contributed by atoms with Gasteiger partial charge in [0.1, 0.15) is 19.0 Å². The van der Waals surface area contributed by atoms with E-state index in [9.17, 15) is 4.79 Å². The molecule has 0 fully saturated rings. The number of halogens is 1. The van der Waals surface area contributed by atoms with Crippen LogP contribution >= 0.6 is 11.6 Å². The molecule has 124 valence electrons. The number of amides is 1. The van der Waals surface area contributed by atoms with E-state index in [0.29, 0.717) is 41.0 Å². The lowest BCUT2D eigenvalue weighted by atomic mass is 10.2. The number of rotatable bonds is 4. The molecule has 0 saturated heterocycles. The van der Waals surface area contributed by atoms with E-state index in [1.807, 2.05) is 0 Å². The number of ether oxygens (including phenoxy) is 3. The molecule has 24 heavy (non-hydrogen) atoms. The highest BCUT2D eigenvalue weighted by Crippen LogP contribution is 2.30. The molecule has 6 nitrogen and oxygen atoms in total. The number of carbonyl (C=O) groups is 1. The lowest BCUT2D eigenvalue weighted by molar-refractivity contribution is 0.0954. The second-order valence-corrected chi connectivity index (χ2v) is 5.36. The number of hydrogen-bond acceptors (Lipinski definition) is 5. The number of nitrogens with one attached hydrogen (secondary N) is 1. The van der Waals surface area contributed by atoms with Crippen LogP contribution in [0.1, 0.15) is 15.9 Å². The van der Waals surface area contributed by atoms with Gasteiger partial charge in [-0.1, -0.05) is 11.6 Å². The third kappa shape index (κ3) is 3.60. The van der Waals surface area contributed by atoms with Crippen LogP contribution in [0.3, 0.4) is 0 Å². The molecule has 7 heteroatoms. The third-order valence-electron chi connectivity index (χ3n) is 3.36. The zero-order chi connectivity index (χ0) is 16.9. The first-order chi connectivity index (χ1) is 11.7. The minimum Gasteiger partial charge on any atom is -0.495 e. The van der Waals surface area contributed by atoms with Gasteiger partial charge in [0.05, 0.1) is 18.3 Å². The number of carbonyl (C=O) groups excluding carboxylic acids is 1. The van der Waals surface area contributed by atoms with Crippen molar-refractivity contribution >= 4 is 23.7 Å². The highest BCUT2D eigenvalue weighted by Gasteiger charge is 2.14. The van der Waals surface area contributed by atoms with Crippen LogP contribution < -0.4 is 19.6 Å². The first-order valence-electron chi connectivity index (χ1n) is 7.24. The fourth-order valence-electron chi connectivity index (χ4n) is 2.18. The van der Waals surface area contributed by atoms with Crippen molar-refractivity contribution in [3.8, 4) is 17.2 Å². The second-order valence-electron chi connectivity index (χ2n) is 4.95. The van der Waals surface area contributed by atoms with Crippen molar-refractivity contribution in [1.29, 1.82) is 0 Å². The fraction of sp³-hybridized carbons (Fsp3) is 0.176. The van der Waals surface area contributed by atoms with Gasteiger partial charge in [0.15, 0.2) is 11.5 Å². The van der Waals surface area contributed by atoms with E-state index in [0.717, 1.165) is 5.56 Å². The molecule has 1 aliphatic heterocycles. The van der Waals surface area contributed by atoms with Crippen LogP contribution in [0.2, 0.25) is 5.02 Å². The molecule has 2 aromatic carbocycles. The average molecular weight is 347 g/mol. The highest BCUT2D eigenvalue weighted by molar-refractivity contribution is 6.32. The van der Waals surface area contributed by atoms with E-state index in [-0.39, 0.29) is 5.91 Å². The monoisotopic (exact) mass is 346 g/mol. The molecule has 0 atom stereocenters. The molecule has 0 bridgehead atoms. The van der Waals surface area contributed by atoms with Gasteiger partial charge in [0.25, 0.3) is 5.91 Å². The summed E-state index contributed by atoms with van der Waals surface area (Å²) < 4.78 is 15.9. The first-order valence-corrected chi connectivity index (χ1v) is 7.62. The van der Waals surface area contributed by atoms with E-state index in [2.05, 4.69) is 10.5 Å². The van der Waals surface area contributed by atoms with Gasteiger partial charge in [-0.25, -0.2) is 5.43 Å². The SMILES string of the molecule is COc1ccc(/C=N/NC(=O)c2ccc3c(c2)OCCO3)cc1Cl. The van der Waals surface area contributed by atoms with E-state index < -0.39 is 0 Å². The van der Waals surface area contributed by atoms with Gasteiger partial charge >= 0.3 is 0 Å². The van der Waals surface area contributed by atoms with Crippen molar-refractivity contribution in [2.45, 2.75) is 0 Å². The molecule has 0 aromatic heterocycles. The molecule has 1 aliphatic rings. The lowest BCUT2D eigenvalue weighted by Crippen LogP contribution is -2.19. The molecule has 3 rings (SSSR count). The van der Waals surface area contributed by atoms with Crippen LogP contribution in [0.25, 0.3) is 0 Å². The fourth-order valence-corrected chi connectivity index (χ4v) is 2.44. The number of hydrogen-bond donors (Lipinski definition) is 1. The molecule has 0 saturated carbocycles. The molecular formula is C17H15ClN2O4. The molecule has 0 aliphatic carbocycles. The van der Waals surface area contributed by atoms with Crippen LogP contribution in [0.15, 0.2) is 41.5 Å². The Bertz CT molecular complexity index is 792. The summed E-state index contributed by atoms with van der Waals surface area (Å²) in [5.74, 6) is 1.42. The van der Waals surface area contributed by atoms with Crippen molar-refractivity contribution in [1.82, 2.24) is 5.43 Å². The topological polar surface area (TPSA) is 69.2 Å². The average Bonchev–Trinajstić information content (AvgIpc) is 2.61. The molecule has 1 amide bonds. The molecular weight excluding hydrogens is 332 g/mol. The van der Waals surface area contributed by atoms with Crippen molar-refractivity contribution in [3.63, 3.8) is 0 Å². The van der Waals surface area contributed by atoms with Crippen molar-refractivity contribution in [2.24, 2.45) is 5.10 Å². The van der Waals surface area contributed by atoms with Crippen LogP contribution in [0.5, 0.6) is 17.2 Å². The molecule has 2 aromatic rings. The molecule has 0 unspecified atom stereocenters. The maximum atomic E-state index is 12.1. The van der Waals surface area contributed by atoms with Crippen molar-refractivity contribution in [3.05, 3.63) is 52.5 Å². The summed E-state index contributed by atoms with van der Waals surface area (Å²) in [6.07, 6.45) is 1.50. The standard InChI is InChI=1S/C17H15ClN2O4/c1-22-14-4-2-11(8-13(14)18)10-19-20-17(21)12-3-5-15-16(9-12)24-7-6-23-15/h2-5,8-10H,6-7H2,1H3,(H,20,21)/b19-10+. The summed E-state index contributed by atoms with van der Waals surface area (Å²) in [5.41, 5.74) is 3.64. The second kappa shape index (κ2) is 7.23. The Hall–Kier alpha value is -2.73. The predicted molar refractivity (Wildman–Crippen MR) is 90.5 cm³/mol. The maximum absolute atomic E-state index is 12.1. The summed E-state index contributed by atoms with van der Waals surface area (Å²) >= 11 is 6.03. The largest absolute Gasteiger partial charge is 0.495 e. The predicted octanol–water partition coefficient (Wildman–Crippen LogP) is 2.88. The summed E-state index contributed by atoms with van der Waals surface area (Å²) in [5, 5.41) is 4.40. The Morgan fingerprint density at radius 2 is 2.00 bits per heavy atom. The Kier molecular flexibility index (Phi) is 4.86. The van der Waals surface area contributed by atoms with Crippen LogP contribution in [-0.2, 0) is 0 Å².